The number of furan rings is 1. The van der Waals surface area contributed by atoms with Crippen molar-refractivity contribution in [1.29, 1.82) is 0 Å². The van der Waals surface area contributed by atoms with Crippen LogP contribution in [0.15, 0.2) is 35.2 Å². The third kappa shape index (κ3) is 5.06. The first-order valence-electron chi connectivity index (χ1n) is 7.87. The SMILES string of the molecule is C[C@@H](C[C@@H](O)c1ccco1)NC(=O)Nc1cnc(C(C)(C)C)nc1. The lowest BCUT2D eigenvalue weighted by molar-refractivity contribution is 0.130. The highest BCUT2D eigenvalue weighted by molar-refractivity contribution is 5.89. The van der Waals surface area contributed by atoms with E-state index >= 15 is 0 Å². The zero-order chi connectivity index (χ0) is 17.7. The Morgan fingerprint density at radius 3 is 2.54 bits per heavy atom. The predicted octanol–water partition coefficient (Wildman–Crippen LogP) is 3.00. The van der Waals surface area contributed by atoms with E-state index in [0.29, 0.717) is 23.7 Å². The molecule has 0 aliphatic heterocycles. The zero-order valence-electron chi connectivity index (χ0n) is 14.4. The maximum absolute atomic E-state index is 12.0. The molecule has 130 valence electrons. The second-order valence-electron chi connectivity index (χ2n) is 6.81. The normalized spacial score (nSPS) is 14.0. The molecule has 3 N–H and O–H groups in total. The summed E-state index contributed by atoms with van der Waals surface area (Å²) in [5.41, 5.74) is 0.372. The van der Waals surface area contributed by atoms with Crippen LogP contribution in [0.5, 0.6) is 0 Å². The minimum absolute atomic E-state index is 0.142. The molecule has 0 saturated heterocycles. The fourth-order valence-corrected chi connectivity index (χ4v) is 2.16. The van der Waals surface area contributed by atoms with Gasteiger partial charge in [0.2, 0.25) is 0 Å². The van der Waals surface area contributed by atoms with Gasteiger partial charge >= 0.3 is 6.03 Å². The fraction of sp³-hybridized carbons (Fsp3) is 0.471. The molecule has 2 rings (SSSR count). The molecule has 0 aliphatic rings. The minimum atomic E-state index is -0.760. The lowest BCUT2D eigenvalue weighted by atomic mass is 9.96. The molecule has 0 fully saturated rings. The summed E-state index contributed by atoms with van der Waals surface area (Å²) < 4.78 is 5.14. The topological polar surface area (TPSA) is 100 Å². The zero-order valence-corrected chi connectivity index (χ0v) is 14.4. The van der Waals surface area contributed by atoms with Crippen LogP contribution in [0.25, 0.3) is 0 Å². The van der Waals surface area contributed by atoms with E-state index in [1.807, 2.05) is 27.7 Å². The molecule has 7 heteroatoms. The Morgan fingerprint density at radius 1 is 1.33 bits per heavy atom. The molecule has 0 aromatic carbocycles. The van der Waals surface area contributed by atoms with Crippen molar-refractivity contribution >= 4 is 11.7 Å². The molecule has 7 nitrogen and oxygen atoms in total. The third-order valence-corrected chi connectivity index (χ3v) is 3.41. The summed E-state index contributed by atoms with van der Waals surface area (Å²) in [7, 11) is 0. The van der Waals surface area contributed by atoms with Gasteiger partial charge in [-0.05, 0) is 19.1 Å². The van der Waals surface area contributed by atoms with Gasteiger partial charge in [0, 0.05) is 17.9 Å². The molecule has 0 bridgehead atoms. The van der Waals surface area contributed by atoms with Gasteiger partial charge in [-0.2, -0.15) is 0 Å². The number of nitrogens with one attached hydrogen (secondary N) is 2. The number of nitrogens with zero attached hydrogens (tertiary/aromatic N) is 2. The molecular weight excluding hydrogens is 308 g/mol. The number of anilines is 1. The van der Waals surface area contributed by atoms with Crippen molar-refractivity contribution in [3.63, 3.8) is 0 Å². The number of carbonyl (C=O) groups is 1. The average molecular weight is 332 g/mol. The summed E-state index contributed by atoms with van der Waals surface area (Å²) in [5, 5.41) is 15.4. The van der Waals surface area contributed by atoms with Gasteiger partial charge in [-0.25, -0.2) is 14.8 Å². The molecule has 2 aromatic rings. The van der Waals surface area contributed by atoms with Crippen molar-refractivity contribution in [2.24, 2.45) is 0 Å². The number of hydrogen-bond donors (Lipinski definition) is 3. The highest BCUT2D eigenvalue weighted by Crippen LogP contribution is 2.19. The number of carbonyl (C=O) groups excluding carboxylic acids is 1. The second-order valence-corrected chi connectivity index (χ2v) is 6.81. The van der Waals surface area contributed by atoms with E-state index in [1.54, 1.807) is 24.5 Å². The van der Waals surface area contributed by atoms with Crippen LogP contribution in [-0.2, 0) is 5.41 Å². The summed E-state index contributed by atoms with van der Waals surface area (Å²) in [5.74, 6) is 1.19. The Balaban J connectivity index is 1.84. The van der Waals surface area contributed by atoms with Crippen LogP contribution in [-0.4, -0.2) is 27.1 Å². The van der Waals surface area contributed by atoms with E-state index in [4.69, 9.17) is 4.42 Å². The van der Waals surface area contributed by atoms with Crippen LogP contribution in [0.1, 0.15) is 51.8 Å². The van der Waals surface area contributed by atoms with E-state index in [0.717, 1.165) is 0 Å². The third-order valence-electron chi connectivity index (χ3n) is 3.41. The molecule has 2 aromatic heterocycles. The molecule has 0 radical (unpaired) electrons. The highest BCUT2D eigenvalue weighted by Gasteiger charge is 2.18. The Morgan fingerprint density at radius 2 is 2.00 bits per heavy atom. The molecule has 0 unspecified atom stereocenters. The first kappa shape index (κ1) is 17.9. The van der Waals surface area contributed by atoms with E-state index < -0.39 is 6.10 Å². The van der Waals surface area contributed by atoms with Crippen LogP contribution < -0.4 is 10.6 Å². The van der Waals surface area contributed by atoms with Gasteiger partial charge in [-0.3, -0.25) is 0 Å². The number of aromatic nitrogens is 2. The molecule has 2 amide bonds. The lowest BCUT2D eigenvalue weighted by Gasteiger charge is -2.18. The van der Waals surface area contributed by atoms with Crippen molar-refractivity contribution in [2.75, 3.05) is 5.32 Å². The van der Waals surface area contributed by atoms with Crippen LogP contribution >= 0.6 is 0 Å². The summed E-state index contributed by atoms with van der Waals surface area (Å²) in [6.07, 6.45) is 4.25. The summed E-state index contributed by atoms with van der Waals surface area (Å²) >= 11 is 0. The van der Waals surface area contributed by atoms with Crippen LogP contribution in [0.3, 0.4) is 0 Å². The number of rotatable bonds is 5. The van der Waals surface area contributed by atoms with Crippen LogP contribution in [0.4, 0.5) is 10.5 Å². The maximum atomic E-state index is 12.0. The number of amides is 2. The van der Waals surface area contributed by atoms with Gasteiger partial charge in [-0.1, -0.05) is 20.8 Å². The number of urea groups is 1. The Kier molecular flexibility index (Phi) is 5.56. The van der Waals surface area contributed by atoms with E-state index in [9.17, 15) is 9.90 Å². The van der Waals surface area contributed by atoms with Crippen molar-refractivity contribution in [2.45, 2.75) is 51.7 Å². The van der Waals surface area contributed by atoms with Gasteiger partial charge < -0.3 is 20.2 Å². The standard InChI is InChI=1S/C17H24N4O3/c1-11(8-13(22)14-6-5-7-24-14)20-16(23)21-12-9-18-15(19-10-12)17(2,3)4/h5-7,9-11,13,22H,8H2,1-4H3,(H2,20,21,23)/t11-,13+/m0/s1. The van der Waals surface area contributed by atoms with E-state index in [1.165, 1.54) is 6.26 Å². The summed E-state index contributed by atoms with van der Waals surface area (Å²) in [6, 6.07) is 2.80. The highest BCUT2D eigenvalue weighted by atomic mass is 16.4. The van der Waals surface area contributed by atoms with E-state index in [-0.39, 0.29) is 17.5 Å². The van der Waals surface area contributed by atoms with Gasteiger partial charge in [0.1, 0.15) is 17.7 Å². The lowest BCUT2D eigenvalue weighted by Crippen LogP contribution is -2.37. The molecule has 0 aliphatic carbocycles. The molecule has 2 atom stereocenters. The van der Waals surface area contributed by atoms with Gasteiger partial charge in [-0.15, -0.1) is 0 Å². The predicted molar refractivity (Wildman–Crippen MR) is 90.6 cm³/mol. The van der Waals surface area contributed by atoms with E-state index in [2.05, 4.69) is 20.6 Å². The smallest absolute Gasteiger partial charge is 0.319 e. The Labute approximate surface area is 141 Å². The molecule has 24 heavy (non-hydrogen) atoms. The first-order valence-corrected chi connectivity index (χ1v) is 7.87. The van der Waals surface area contributed by atoms with Gasteiger partial charge in [0.05, 0.1) is 24.3 Å². The Bertz CT molecular complexity index is 647. The Hall–Kier alpha value is -2.41. The maximum Gasteiger partial charge on any atom is 0.319 e. The average Bonchev–Trinajstić information content (AvgIpc) is 3.00. The number of hydrogen-bond acceptors (Lipinski definition) is 5. The summed E-state index contributed by atoms with van der Waals surface area (Å²) in [4.78, 5) is 20.5. The van der Waals surface area contributed by atoms with Crippen molar-refractivity contribution in [1.82, 2.24) is 15.3 Å². The monoisotopic (exact) mass is 332 g/mol. The van der Waals surface area contributed by atoms with Gasteiger partial charge in [0.25, 0.3) is 0 Å². The van der Waals surface area contributed by atoms with Crippen molar-refractivity contribution in [3.8, 4) is 0 Å². The quantitative estimate of drug-likeness (QED) is 0.781. The van der Waals surface area contributed by atoms with Crippen molar-refractivity contribution in [3.05, 3.63) is 42.4 Å². The van der Waals surface area contributed by atoms with Crippen molar-refractivity contribution < 1.29 is 14.3 Å². The molecule has 0 saturated carbocycles. The largest absolute Gasteiger partial charge is 0.467 e. The second kappa shape index (κ2) is 7.44. The van der Waals surface area contributed by atoms with Crippen LogP contribution in [0.2, 0.25) is 0 Å². The number of aliphatic hydroxyl groups excluding tert-OH is 1. The summed E-state index contributed by atoms with van der Waals surface area (Å²) in [6.45, 7) is 7.88. The molecule has 2 heterocycles. The van der Waals surface area contributed by atoms with Crippen LogP contribution in [0, 0.1) is 0 Å². The molecular formula is C17H24N4O3. The minimum Gasteiger partial charge on any atom is -0.467 e. The number of aliphatic hydroxyl groups is 1. The first-order chi connectivity index (χ1) is 11.3. The fourth-order valence-electron chi connectivity index (χ4n) is 2.16. The molecule has 0 spiro atoms. The van der Waals surface area contributed by atoms with Gasteiger partial charge in [0.15, 0.2) is 0 Å².